The van der Waals surface area contributed by atoms with Gasteiger partial charge in [0, 0.05) is 6.20 Å². The van der Waals surface area contributed by atoms with E-state index in [1.807, 2.05) is 48.7 Å². The van der Waals surface area contributed by atoms with Gasteiger partial charge in [-0.3, -0.25) is 14.5 Å². The summed E-state index contributed by atoms with van der Waals surface area (Å²) >= 11 is 0.959. The minimum Gasteiger partial charge on any atom is -0.505 e. The molecule has 1 unspecified atom stereocenters. The van der Waals surface area contributed by atoms with E-state index in [0.717, 1.165) is 22.5 Å². The first kappa shape index (κ1) is 24.4. The summed E-state index contributed by atoms with van der Waals surface area (Å²) in [6.07, 6.45) is 1.82. The molecule has 1 aliphatic rings. The van der Waals surface area contributed by atoms with Crippen molar-refractivity contribution in [1.29, 1.82) is 0 Å². The molecule has 1 saturated heterocycles. The van der Waals surface area contributed by atoms with E-state index in [4.69, 9.17) is 4.74 Å². The third kappa shape index (κ3) is 3.80. The van der Waals surface area contributed by atoms with E-state index in [0.29, 0.717) is 22.6 Å². The number of aliphatic hydroxyl groups excluding tert-OH is 1. The molecule has 10 heteroatoms. The zero-order valence-electron chi connectivity index (χ0n) is 20.9. The number of pyridine rings is 1. The van der Waals surface area contributed by atoms with E-state index in [2.05, 4.69) is 9.97 Å². The number of carbonyl (C=O) groups excluding carboxylic acids is 3. The summed E-state index contributed by atoms with van der Waals surface area (Å²) in [6, 6.07) is 10.1. The molecule has 1 fully saturated rings. The highest BCUT2D eigenvalue weighted by atomic mass is 32.1. The van der Waals surface area contributed by atoms with Crippen LogP contribution >= 0.6 is 11.3 Å². The molecule has 5 rings (SSSR count). The number of aliphatic hydroxyl groups is 1. The lowest BCUT2D eigenvalue weighted by atomic mass is 9.96. The lowest BCUT2D eigenvalue weighted by Gasteiger charge is -2.23. The molecule has 1 atom stereocenters. The van der Waals surface area contributed by atoms with E-state index in [9.17, 15) is 19.5 Å². The number of hydrogen-bond acceptors (Lipinski definition) is 8. The van der Waals surface area contributed by atoms with Crippen LogP contribution in [0.5, 0.6) is 0 Å². The second kappa shape index (κ2) is 8.97. The number of esters is 1. The fourth-order valence-electron chi connectivity index (χ4n) is 4.54. The topological polar surface area (TPSA) is 114 Å². The third-order valence-corrected chi connectivity index (χ3v) is 7.64. The summed E-state index contributed by atoms with van der Waals surface area (Å²) < 4.78 is 6.66. The van der Waals surface area contributed by atoms with Gasteiger partial charge in [-0.25, -0.2) is 14.8 Å². The van der Waals surface area contributed by atoms with Crippen LogP contribution in [0.3, 0.4) is 0 Å². The number of aromatic nitrogens is 3. The van der Waals surface area contributed by atoms with Crippen molar-refractivity contribution >= 4 is 45.5 Å². The summed E-state index contributed by atoms with van der Waals surface area (Å²) in [7, 11) is 1.26. The van der Waals surface area contributed by atoms with Gasteiger partial charge in [0.15, 0.2) is 10.9 Å². The fourth-order valence-corrected chi connectivity index (χ4v) is 5.55. The molecule has 0 radical (unpaired) electrons. The summed E-state index contributed by atoms with van der Waals surface area (Å²) in [5, 5.41) is 11.7. The van der Waals surface area contributed by atoms with Gasteiger partial charge in [0.05, 0.1) is 30.1 Å². The molecule has 9 nitrogen and oxygen atoms in total. The average molecular weight is 517 g/mol. The van der Waals surface area contributed by atoms with Gasteiger partial charge in [-0.2, -0.15) is 0 Å². The second-order valence-corrected chi connectivity index (χ2v) is 9.89. The van der Waals surface area contributed by atoms with E-state index in [-0.39, 0.29) is 27.0 Å². The first-order valence-electron chi connectivity index (χ1n) is 11.5. The summed E-state index contributed by atoms with van der Waals surface area (Å²) in [6.45, 7) is 7.25. The van der Waals surface area contributed by atoms with Crippen LogP contribution < -0.4 is 4.90 Å². The lowest BCUT2D eigenvalue weighted by molar-refractivity contribution is -0.132. The molecular formula is C27H24N4O5S. The number of thiazole rings is 1. The number of anilines is 1. The number of benzene rings is 1. The number of Topliss-reactive ketones (excluding diaryl/α,β-unsaturated/α-hetero) is 1. The molecule has 0 spiro atoms. The Labute approximate surface area is 216 Å². The van der Waals surface area contributed by atoms with Gasteiger partial charge in [0.2, 0.25) is 0 Å². The molecule has 1 amide bonds. The number of ether oxygens (including phenoxy) is 1. The van der Waals surface area contributed by atoms with Crippen LogP contribution in [0.4, 0.5) is 5.13 Å². The van der Waals surface area contributed by atoms with Crippen LogP contribution in [-0.4, -0.2) is 44.2 Å². The number of carbonyl (C=O) groups is 3. The minimum atomic E-state index is -0.970. The normalized spacial score (nSPS) is 17.1. The number of fused-ring (bicyclic) bond motifs is 1. The monoisotopic (exact) mass is 516 g/mol. The highest BCUT2D eigenvalue weighted by molar-refractivity contribution is 7.17. The van der Waals surface area contributed by atoms with Crippen LogP contribution in [0.25, 0.3) is 11.4 Å². The Bertz CT molecular complexity index is 1630. The van der Waals surface area contributed by atoms with Crippen LogP contribution in [0, 0.1) is 27.7 Å². The zero-order chi connectivity index (χ0) is 26.6. The fraction of sp³-hybridized carbons (Fsp3) is 0.222. The Morgan fingerprint density at radius 1 is 1.05 bits per heavy atom. The number of methoxy groups -OCH3 is 1. The molecule has 0 saturated carbocycles. The van der Waals surface area contributed by atoms with Crippen LogP contribution in [0.2, 0.25) is 0 Å². The Balaban J connectivity index is 1.75. The van der Waals surface area contributed by atoms with Crippen molar-refractivity contribution in [2.75, 3.05) is 12.0 Å². The largest absolute Gasteiger partial charge is 0.505 e. The van der Waals surface area contributed by atoms with Gasteiger partial charge in [0.25, 0.3) is 5.78 Å². The van der Waals surface area contributed by atoms with Gasteiger partial charge >= 0.3 is 11.9 Å². The molecule has 37 heavy (non-hydrogen) atoms. The summed E-state index contributed by atoms with van der Waals surface area (Å²) in [5.74, 6) is -2.66. The number of hydrogen-bond donors (Lipinski definition) is 1. The summed E-state index contributed by atoms with van der Waals surface area (Å²) in [4.78, 5) is 49.6. The smallest absolute Gasteiger partial charge is 0.350 e. The maximum absolute atomic E-state index is 13.5. The maximum Gasteiger partial charge on any atom is 0.350 e. The average Bonchev–Trinajstić information content (AvgIpc) is 3.51. The SMILES string of the molecule is COC(=O)c1sc(N2C(=O)C(=O)/C(=C(/O)c3nc4c(C)cccn4c3C)C2c2ccc(C)cc2)nc1C. The van der Waals surface area contributed by atoms with Crippen molar-refractivity contribution in [3.05, 3.63) is 86.8 Å². The van der Waals surface area contributed by atoms with Gasteiger partial charge in [-0.15, -0.1) is 0 Å². The maximum atomic E-state index is 13.5. The molecule has 4 heterocycles. The first-order valence-corrected chi connectivity index (χ1v) is 12.3. The molecule has 188 valence electrons. The van der Waals surface area contributed by atoms with E-state index in [1.165, 1.54) is 12.0 Å². The Morgan fingerprint density at radius 2 is 1.76 bits per heavy atom. The van der Waals surface area contributed by atoms with Crippen molar-refractivity contribution in [3.63, 3.8) is 0 Å². The Kier molecular flexibility index (Phi) is 5.91. The van der Waals surface area contributed by atoms with E-state index < -0.39 is 23.7 Å². The Morgan fingerprint density at radius 3 is 2.41 bits per heavy atom. The highest BCUT2D eigenvalue weighted by Gasteiger charge is 2.49. The number of ketones is 1. The van der Waals surface area contributed by atoms with Gasteiger partial charge in [0.1, 0.15) is 16.2 Å². The molecule has 1 aromatic carbocycles. The standard InChI is InChI=1S/C27H24N4O5S/c1-13-8-10-17(11-9-13)20-18(21(32)19-16(4)30-12-6-7-14(2)24(30)29-19)22(33)25(34)31(20)27-28-15(3)23(37-27)26(35)36-5/h6-12,20,32H,1-5H3/b21-18+. The number of nitrogens with zero attached hydrogens (tertiary/aromatic N) is 4. The zero-order valence-corrected chi connectivity index (χ0v) is 21.7. The lowest BCUT2D eigenvalue weighted by Crippen LogP contribution is -2.29. The second-order valence-electron chi connectivity index (χ2n) is 8.91. The number of amides is 1. The Hall–Kier alpha value is -4.31. The van der Waals surface area contributed by atoms with Crippen molar-refractivity contribution < 1.29 is 24.2 Å². The van der Waals surface area contributed by atoms with Gasteiger partial charge in [-0.1, -0.05) is 47.2 Å². The first-order chi connectivity index (χ1) is 17.6. The minimum absolute atomic E-state index is 0.0921. The van der Waals surface area contributed by atoms with Crippen LogP contribution in [-0.2, 0) is 14.3 Å². The van der Waals surface area contributed by atoms with Crippen molar-refractivity contribution in [1.82, 2.24) is 14.4 Å². The van der Waals surface area contributed by atoms with Gasteiger partial charge in [-0.05, 0) is 44.9 Å². The van der Waals surface area contributed by atoms with E-state index >= 15 is 0 Å². The number of aryl methyl sites for hydroxylation is 4. The number of imidazole rings is 1. The molecule has 3 aromatic heterocycles. The molecule has 1 N–H and O–H groups in total. The van der Waals surface area contributed by atoms with Crippen molar-refractivity contribution in [2.45, 2.75) is 33.7 Å². The van der Waals surface area contributed by atoms with Crippen molar-refractivity contribution in [3.8, 4) is 0 Å². The van der Waals surface area contributed by atoms with Crippen molar-refractivity contribution in [2.24, 2.45) is 0 Å². The van der Waals surface area contributed by atoms with Crippen LogP contribution in [0.1, 0.15) is 49.5 Å². The molecule has 0 aliphatic carbocycles. The molecular weight excluding hydrogens is 492 g/mol. The summed E-state index contributed by atoms with van der Waals surface area (Å²) in [5.41, 5.74) is 4.27. The predicted molar refractivity (Wildman–Crippen MR) is 139 cm³/mol. The third-order valence-electron chi connectivity index (χ3n) is 6.51. The van der Waals surface area contributed by atoms with Gasteiger partial charge < -0.3 is 14.2 Å². The molecule has 4 aromatic rings. The van der Waals surface area contributed by atoms with E-state index in [1.54, 1.807) is 26.0 Å². The molecule has 1 aliphatic heterocycles. The predicted octanol–water partition coefficient (Wildman–Crippen LogP) is 4.44. The number of rotatable bonds is 4. The van der Waals surface area contributed by atoms with Crippen LogP contribution in [0.15, 0.2) is 48.2 Å². The molecule has 0 bridgehead atoms. The quantitative estimate of drug-likeness (QED) is 0.185. The highest BCUT2D eigenvalue weighted by Crippen LogP contribution is 2.44.